The molecule has 0 aliphatic heterocycles. The van der Waals surface area contributed by atoms with Gasteiger partial charge in [0.05, 0.1) is 11.5 Å². The summed E-state index contributed by atoms with van der Waals surface area (Å²) >= 11 is 0. The van der Waals surface area contributed by atoms with Crippen molar-refractivity contribution in [2.75, 3.05) is 13.2 Å². The topological polar surface area (TPSA) is 93.7 Å². The number of rotatable bonds is 5. The van der Waals surface area contributed by atoms with E-state index in [1.54, 1.807) is 12.1 Å². The van der Waals surface area contributed by atoms with Gasteiger partial charge in [0.15, 0.2) is 0 Å². The van der Waals surface area contributed by atoms with E-state index in [2.05, 4.69) is 10.0 Å². The molecule has 0 radical (unpaired) electrons. The fourth-order valence-electron chi connectivity index (χ4n) is 1.01. The molecule has 7 heteroatoms. The van der Waals surface area contributed by atoms with Crippen molar-refractivity contribution in [2.45, 2.75) is 11.8 Å². The molecule has 16 heavy (non-hydrogen) atoms. The first-order valence-electron chi connectivity index (χ1n) is 4.55. The Morgan fingerprint density at radius 1 is 1.38 bits per heavy atom. The van der Waals surface area contributed by atoms with Gasteiger partial charge in [0.1, 0.15) is 17.2 Å². The van der Waals surface area contributed by atoms with Crippen LogP contribution in [0.15, 0.2) is 34.3 Å². The van der Waals surface area contributed by atoms with Crippen LogP contribution in [0.1, 0.15) is 5.56 Å². The van der Waals surface area contributed by atoms with E-state index in [-0.39, 0.29) is 18.0 Å². The summed E-state index contributed by atoms with van der Waals surface area (Å²) in [6.45, 7) is 1.80. The summed E-state index contributed by atoms with van der Waals surface area (Å²) in [6, 6.07) is 6.35. The van der Waals surface area contributed by atoms with Crippen molar-refractivity contribution in [3.8, 4) is 0 Å². The molecule has 0 atom stereocenters. The van der Waals surface area contributed by atoms with Gasteiger partial charge in [-0.1, -0.05) is 17.7 Å². The summed E-state index contributed by atoms with van der Waals surface area (Å²) in [4.78, 5) is 2.85. The van der Waals surface area contributed by atoms with Crippen LogP contribution < -0.4 is 4.91 Å². The first kappa shape index (κ1) is 12.5. The Kier molecular flexibility index (Phi) is 4.30. The van der Waals surface area contributed by atoms with Crippen LogP contribution in [0.3, 0.4) is 0 Å². The van der Waals surface area contributed by atoms with Crippen molar-refractivity contribution in [3.05, 3.63) is 29.8 Å². The fraction of sp³-hybridized carbons (Fsp3) is 0.333. The van der Waals surface area contributed by atoms with Gasteiger partial charge in [0.25, 0.3) is 10.1 Å². The van der Waals surface area contributed by atoms with Gasteiger partial charge >= 0.3 is 0 Å². The Balaban J connectivity index is 2.70. The molecular formula is C9H12N3O3S+. The third-order valence-electron chi connectivity index (χ3n) is 1.81. The predicted molar refractivity (Wildman–Crippen MR) is 56.5 cm³/mol. The lowest BCUT2D eigenvalue weighted by atomic mass is 10.2. The van der Waals surface area contributed by atoms with Crippen molar-refractivity contribution < 1.29 is 12.6 Å². The SMILES string of the molecule is Cc1ccc(S(=O)(=O)OCCN=[N+]=N)cc1. The minimum Gasteiger partial charge on any atom is -0.264 e. The third-order valence-corrected chi connectivity index (χ3v) is 3.14. The fourth-order valence-corrected chi connectivity index (χ4v) is 1.91. The summed E-state index contributed by atoms with van der Waals surface area (Å²) in [7, 11) is -3.72. The largest absolute Gasteiger partial charge is 0.297 e. The summed E-state index contributed by atoms with van der Waals surface area (Å²) in [6.07, 6.45) is 0. The van der Waals surface area contributed by atoms with E-state index in [1.807, 2.05) is 6.92 Å². The molecule has 0 saturated heterocycles. The van der Waals surface area contributed by atoms with Crippen LogP contribution in [0, 0.1) is 12.5 Å². The average molecular weight is 242 g/mol. The van der Waals surface area contributed by atoms with Crippen LogP contribution in [-0.2, 0) is 14.3 Å². The highest BCUT2D eigenvalue weighted by molar-refractivity contribution is 7.86. The molecular weight excluding hydrogens is 230 g/mol. The standard InChI is InChI=1S/C9H12N3O3S/c1-8-2-4-9(5-3-8)16(13,14)15-7-6-11-12-10/h2-5,10H,6-7H2,1H3/q+1. The lowest BCUT2D eigenvalue weighted by Crippen LogP contribution is -2.09. The molecule has 1 aromatic carbocycles. The molecule has 0 fully saturated rings. The zero-order chi connectivity index (χ0) is 12.0. The molecule has 1 rings (SSSR count). The molecule has 0 amide bonds. The zero-order valence-electron chi connectivity index (χ0n) is 8.75. The zero-order valence-corrected chi connectivity index (χ0v) is 9.57. The molecule has 86 valence electrons. The van der Waals surface area contributed by atoms with E-state index >= 15 is 0 Å². The molecule has 1 aromatic rings. The Morgan fingerprint density at radius 2 is 2.00 bits per heavy atom. The smallest absolute Gasteiger partial charge is 0.264 e. The number of nitrogens with one attached hydrogen (secondary N) is 1. The minimum atomic E-state index is -3.72. The van der Waals surface area contributed by atoms with Gasteiger partial charge in [0, 0.05) is 0 Å². The molecule has 0 aromatic heterocycles. The van der Waals surface area contributed by atoms with Gasteiger partial charge in [-0.15, -0.1) is 0 Å². The Morgan fingerprint density at radius 3 is 2.56 bits per heavy atom. The average Bonchev–Trinajstić information content (AvgIpc) is 2.25. The molecule has 1 N–H and O–H groups in total. The molecule has 0 unspecified atom stereocenters. The lowest BCUT2D eigenvalue weighted by molar-refractivity contribution is 0.325. The third kappa shape index (κ3) is 3.54. The Hall–Kier alpha value is -1.56. The van der Waals surface area contributed by atoms with E-state index in [4.69, 9.17) is 9.71 Å². The first-order chi connectivity index (χ1) is 7.56. The summed E-state index contributed by atoms with van der Waals surface area (Å²) in [5.41, 5.74) is 7.35. The number of hydrogen-bond acceptors (Lipinski definition) is 5. The summed E-state index contributed by atoms with van der Waals surface area (Å²) in [5, 5.41) is 3.28. The van der Waals surface area contributed by atoms with Crippen LogP contribution in [0.25, 0.3) is 0 Å². The van der Waals surface area contributed by atoms with Crippen molar-refractivity contribution in [1.82, 2.24) is 4.91 Å². The van der Waals surface area contributed by atoms with Crippen molar-refractivity contribution >= 4 is 10.1 Å². The van der Waals surface area contributed by atoms with Gasteiger partial charge in [-0.05, 0) is 19.1 Å². The van der Waals surface area contributed by atoms with E-state index in [0.29, 0.717) is 0 Å². The highest BCUT2D eigenvalue weighted by Gasteiger charge is 2.14. The molecule has 0 heterocycles. The maximum absolute atomic E-state index is 11.6. The van der Waals surface area contributed by atoms with Gasteiger partial charge in [-0.2, -0.15) is 8.42 Å². The van der Waals surface area contributed by atoms with Crippen LogP contribution >= 0.6 is 0 Å². The van der Waals surface area contributed by atoms with Gasteiger partial charge < -0.3 is 0 Å². The first-order valence-corrected chi connectivity index (χ1v) is 5.96. The van der Waals surface area contributed by atoms with Gasteiger partial charge in [-0.3, -0.25) is 4.18 Å². The predicted octanol–water partition coefficient (Wildman–Crippen LogP) is 1.25. The Bertz CT molecular complexity index is 489. The van der Waals surface area contributed by atoms with Crippen LogP contribution in [0.4, 0.5) is 0 Å². The number of nitrogens with zero attached hydrogens (tertiary/aromatic N) is 2. The van der Waals surface area contributed by atoms with E-state index < -0.39 is 10.1 Å². The molecule has 0 spiro atoms. The van der Waals surface area contributed by atoms with Crippen molar-refractivity contribution in [3.63, 3.8) is 0 Å². The quantitative estimate of drug-likeness (QED) is 0.364. The highest BCUT2D eigenvalue weighted by atomic mass is 32.2. The van der Waals surface area contributed by atoms with Crippen LogP contribution in [0.2, 0.25) is 0 Å². The summed E-state index contributed by atoms with van der Waals surface area (Å²) < 4.78 is 27.8. The van der Waals surface area contributed by atoms with E-state index in [0.717, 1.165) is 5.56 Å². The molecule has 0 saturated carbocycles. The molecule has 0 aliphatic rings. The van der Waals surface area contributed by atoms with Crippen LogP contribution in [0.5, 0.6) is 0 Å². The van der Waals surface area contributed by atoms with E-state index in [1.165, 1.54) is 12.1 Å². The maximum atomic E-state index is 11.6. The van der Waals surface area contributed by atoms with Crippen molar-refractivity contribution in [1.29, 1.82) is 5.53 Å². The Labute approximate surface area is 93.6 Å². The second-order valence-corrected chi connectivity index (χ2v) is 4.67. The molecule has 0 aliphatic carbocycles. The van der Waals surface area contributed by atoms with Crippen LogP contribution in [-0.4, -0.2) is 21.6 Å². The monoisotopic (exact) mass is 242 g/mol. The normalized spacial score (nSPS) is 10.8. The highest BCUT2D eigenvalue weighted by Crippen LogP contribution is 2.12. The number of aryl methyl sites for hydroxylation is 1. The summed E-state index contributed by atoms with van der Waals surface area (Å²) in [5.74, 6) is 0. The molecule has 0 bridgehead atoms. The maximum Gasteiger partial charge on any atom is 0.297 e. The van der Waals surface area contributed by atoms with Crippen molar-refractivity contribution in [2.24, 2.45) is 5.11 Å². The van der Waals surface area contributed by atoms with E-state index in [9.17, 15) is 8.42 Å². The minimum absolute atomic E-state index is 0.0502. The molecule has 6 nitrogen and oxygen atoms in total. The number of hydrogen-bond donors (Lipinski definition) is 1. The lowest BCUT2D eigenvalue weighted by Gasteiger charge is -2.03. The second-order valence-electron chi connectivity index (χ2n) is 3.05. The van der Waals surface area contributed by atoms with Gasteiger partial charge in [0.2, 0.25) is 4.91 Å². The number of benzene rings is 1. The second kappa shape index (κ2) is 5.50. The van der Waals surface area contributed by atoms with Gasteiger partial charge in [-0.25, -0.2) is 0 Å².